The second-order valence-corrected chi connectivity index (χ2v) is 6.28. The molecule has 6 heteroatoms. The van der Waals surface area contributed by atoms with Crippen molar-refractivity contribution in [3.8, 4) is 0 Å². The molecule has 0 fully saturated rings. The Morgan fingerprint density at radius 3 is 2.20 bits per heavy atom. The van der Waals surface area contributed by atoms with Crippen LogP contribution in [0.15, 0.2) is 35.4 Å². The van der Waals surface area contributed by atoms with Gasteiger partial charge in [-0.05, 0) is 56.2 Å². The molecule has 106 valence electrons. The fourth-order valence-corrected chi connectivity index (χ4v) is 3.55. The number of anilines is 1. The van der Waals surface area contributed by atoms with Crippen LogP contribution in [0.1, 0.15) is 16.8 Å². The predicted octanol–water partition coefficient (Wildman–Crippen LogP) is 2.95. The van der Waals surface area contributed by atoms with E-state index < -0.39 is 15.8 Å². The van der Waals surface area contributed by atoms with E-state index in [0.29, 0.717) is 16.8 Å². The van der Waals surface area contributed by atoms with Gasteiger partial charge in [-0.25, -0.2) is 12.8 Å². The second kappa shape index (κ2) is 5.20. The minimum Gasteiger partial charge on any atom is -0.278 e. The number of benzene rings is 1. The Labute approximate surface area is 117 Å². The van der Waals surface area contributed by atoms with E-state index in [0.717, 1.165) is 5.69 Å². The smallest absolute Gasteiger partial charge is 0.262 e. The maximum Gasteiger partial charge on any atom is 0.262 e. The first kappa shape index (κ1) is 14.5. The van der Waals surface area contributed by atoms with Gasteiger partial charge in [0.1, 0.15) is 5.82 Å². The lowest BCUT2D eigenvalue weighted by Gasteiger charge is -2.13. The topological polar surface area (TPSA) is 59.1 Å². The molecule has 0 aliphatic heterocycles. The summed E-state index contributed by atoms with van der Waals surface area (Å²) in [5.41, 5.74) is 1.91. The summed E-state index contributed by atoms with van der Waals surface area (Å²) in [6, 6.07) is 5.75. The molecular weight excluding hydrogens is 279 g/mol. The summed E-state index contributed by atoms with van der Waals surface area (Å²) in [7, 11) is -3.76. The minimum absolute atomic E-state index is 0.0967. The zero-order chi connectivity index (χ0) is 14.9. The fraction of sp³-hybridized carbons (Fsp3) is 0.214. The standard InChI is InChI=1S/C14H15FN2O2S/c1-9-6-12(15)7-10(2)14(9)20(18,19)17-13-5-4-11(3)16-8-13/h4-8,17H,1-3H3. The van der Waals surface area contributed by atoms with E-state index in [9.17, 15) is 12.8 Å². The van der Waals surface area contributed by atoms with Gasteiger partial charge in [0, 0.05) is 5.69 Å². The first-order valence-electron chi connectivity index (χ1n) is 6.02. The molecule has 1 heterocycles. The van der Waals surface area contributed by atoms with E-state index in [2.05, 4.69) is 9.71 Å². The van der Waals surface area contributed by atoms with E-state index in [1.165, 1.54) is 18.3 Å². The van der Waals surface area contributed by atoms with Crippen LogP contribution in [-0.4, -0.2) is 13.4 Å². The van der Waals surface area contributed by atoms with Crippen molar-refractivity contribution in [3.63, 3.8) is 0 Å². The fourth-order valence-electron chi connectivity index (χ4n) is 2.06. The number of nitrogens with zero attached hydrogens (tertiary/aromatic N) is 1. The van der Waals surface area contributed by atoms with Gasteiger partial charge in [0.15, 0.2) is 0 Å². The Kier molecular flexibility index (Phi) is 3.76. The number of halogens is 1. The molecular formula is C14H15FN2O2S. The summed E-state index contributed by atoms with van der Waals surface area (Å²) >= 11 is 0. The van der Waals surface area contributed by atoms with Crippen LogP contribution in [0, 0.1) is 26.6 Å². The average Bonchev–Trinajstić information content (AvgIpc) is 2.30. The van der Waals surface area contributed by atoms with Crippen molar-refractivity contribution in [2.75, 3.05) is 4.72 Å². The van der Waals surface area contributed by atoms with Crippen LogP contribution < -0.4 is 4.72 Å². The van der Waals surface area contributed by atoms with Crippen molar-refractivity contribution in [1.82, 2.24) is 4.98 Å². The molecule has 4 nitrogen and oxygen atoms in total. The zero-order valence-electron chi connectivity index (χ0n) is 11.4. The van der Waals surface area contributed by atoms with Gasteiger partial charge in [0.2, 0.25) is 0 Å². The molecule has 0 unspecified atom stereocenters. The number of hydrogen-bond acceptors (Lipinski definition) is 3. The Balaban J connectivity index is 2.43. The third-order valence-corrected chi connectivity index (χ3v) is 4.54. The van der Waals surface area contributed by atoms with Crippen LogP contribution in [0.25, 0.3) is 0 Å². The Bertz CT molecular complexity index is 717. The summed E-state index contributed by atoms with van der Waals surface area (Å²) in [5, 5.41) is 0. The van der Waals surface area contributed by atoms with E-state index in [4.69, 9.17) is 0 Å². The van der Waals surface area contributed by atoms with Crippen molar-refractivity contribution in [2.24, 2.45) is 0 Å². The Morgan fingerprint density at radius 2 is 1.70 bits per heavy atom. The third-order valence-electron chi connectivity index (χ3n) is 2.86. The summed E-state index contributed by atoms with van der Waals surface area (Å²) in [6.07, 6.45) is 1.45. The van der Waals surface area contributed by atoms with Gasteiger partial charge < -0.3 is 0 Å². The van der Waals surface area contributed by atoms with E-state index in [1.807, 2.05) is 6.92 Å². The highest BCUT2D eigenvalue weighted by Gasteiger charge is 2.20. The third kappa shape index (κ3) is 2.96. The number of pyridine rings is 1. The number of nitrogens with one attached hydrogen (secondary N) is 1. The van der Waals surface area contributed by atoms with Gasteiger partial charge in [-0.2, -0.15) is 0 Å². The average molecular weight is 294 g/mol. The van der Waals surface area contributed by atoms with Crippen LogP contribution in [0.4, 0.5) is 10.1 Å². The van der Waals surface area contributed by atoms with Crippen LogP contribution in [0.5, 0.6) is 0 Å². The van der Waals surface area contributed by atoms with E-state index in [1.54, 1.807) is 26.0 Å². The van der Waals surface area contributed by atoms with Crippen LogP contribution in [-0.2, 0) is 10.0 Å². The lowest BCUT2D eigenvalue weighted by atomic mass is 10.1. The summed E-state index contributed by atoms with van der Waals surface area (Å²) < 4.78 is 40.4. The van der Waals surface area contributed by atoms with Crippen LogP contribution >= 0.6 is 0 Å². The minimum atomic E-state index is -3.76. The normalized spacial score (nSPS) is 11.4. The largest absolute Gasteiger partial charge is 0.278 e. The first-order valence-corrected chi connectivity index (χ1v) is 7.50. The maximum absolute atomic E-state index is 13.2. The molecule has 2 aromatic rings. The Morgan fingerprint density at radius 1 is 1.10 bits per heavy atom. The molecule has 1 aromatic carbocycles. The molecule has 0 atom stereocenters. The molecule has 0 aliphatic carbocycles. The van der Waals surface area contributed by atoms with E-state index >= 15 is 0 Å². The SMILES string of the molecule is Cc1ccc(NS(=O)(=O)c2c(C)cc(F)cc2C)cn1. The second-order valence-electron chi connectivity index (χ2n) is 4.66. The maximum atomic E-state index is 13.2. The summed E-state index contributed by atoms with van der Waals surface area (Å²) in [4.78, 5) is 4.13. The predicted molar refractivity (Wildman–Crippen MR) is 75.7 cm³/mol. The monoisotopic (exact) mass is 294 g/mol. The molecule has 0 aliphatic rings. The van der Waals surface area contributed by atoms with Crippen molar-refractivity contribution in [1.29, 1.82) is 0 Å². The molecule has 0 radical (unpaired) electrons. The number of aromatic nitrogens is 1. The van der Waals surface area contributed by atoms with Crippen molar-refractivity contribution in [3.05, 3.63) is 53.1 Å². The molecule has 1 aromatic heterocycles. The van der Waals surface area contributed by atoms with Gasteiger partial charge in [-0.15, -0.1) is 0 Å². The highest BCUT2D eigenvalue weighted by molar-refractivity contribution is 7.92. The zero-order valence-corrected chi connectivity index (χ0v) is 12.3. The number of hydrogen-bond donors (Lipinski definition) is 1. The van der Waals surface area contributed by atoms with Crippen molar-refractivity contribution in [2.45, 2.75) is 25.7 Å². The molecule has 20 heavy (non-hydrogen) atoms. The summed E-state index contributed by atoms with van der Waals surface area (Å²) in [5.74, 6) is -0.448. The first-order chi connectivity index (χ1) is 9.29. The lowest BCUT2D eigenvalue weighted by molar-refractivity contribution is 0.597. The highest BCUT2D eigenvalue weighted by Crippen LogP contribution is 2.23. The highest BCUT2D eigenvalue weighted by atomic mass is 32.2. The van der Waals surface area contributed by atoms with Crippen LogP contribution in [0.2, 0.25) is 0 Å². The summed E-state index contributed by atoms with van der Waals surface area (Å²) in [6.45, 7) is 4.95. The molecule has 0 saturated heterocycles. The Hall–Kier alpha value is -1.95. The van der Waals surface area contributed by atoms with Crippen molar-refractivity contribution < 1.29 is 12.8 Å². The molecule has 1 N–H and O–H groups in total. The molecule has 0 spiro atoms. The molecule has 0 bridgehead atoms. The molecule has 0 amide bonds. The van der Waals surface area contributed by atoms with Crippen molar-refractivity contribution >= 4 is 15.7 Å². The number of sulfonamides is 1. The van der Waals surface area contributed by atoms with Crippen LogP contribution in [0.3, 0.4) is 0 Å². The van der Waals surface area contributed by atoms with Gasteiger partial charge >= 0.3 is 0 Å². The molecule has 0 saturated carbocycles. The quantitative estimate of drug-likeness (QED) is 0.946. The van der Waals surface area contributed by atoms with Gasteiger partial charge in [-0.1, -0.05) is 0 Å². The number of aryl methyl sites for hydroxylation is 3. The lowest BCUT2D eigenvalue weighted by Crippen LogP contribution is -2.16. The van der Waals surface area contributed by atoms with Gasteiger partial charge in [-0.3, -0.25) is 9.71 Å². The van der Waals surface area contributed by atoms with E-state index in [-0.39, 0.29) is 4.90 Å². The van der Waals surface area contributed by atoms with Gasteiger partial charge in [0.05, 0.1) is 16.8 Å². The van der Waals surface area contributed by atoms with Gasteiger partial charge in [0.25, 0.3) is 10.0 Å². The molecule has 2 rings (SSSR count). The number of rotatable bonds is 3.